The summed E-state index contributed by atoms with van der Waals surface area (Å²) in [4.78, 5) is 25.1. The van der Waals surface area contributed by atoms with E-state index in [2.05, 4.69) is 20.3 Å². The minimum Gasteiger partial charge on any atom is -0.349 e. The molecule has 2 aromatic heterocycles. The zero-order valence-electron chi connectivity index (χ0n) is 13.0. The molecule has 0 aliphatic heterocycles. The Kier molecular flexibility index (Phi) is 4.18. The number of aryl methyl sites for hydroxylation is 3. The minimum atomic E-state index is 0.00435. The predicted molar refractivity (Wildman–Crippen MR) is 82.2 cm³/mol. The van der Waals surface area contributed by atoms with Gasteiger partial charge in [0.2, 0.25) is 5.91 Å². The average Bonchev–Trinajstić information content (AvgIpc) is 3.12. The van der Waals surface area contributed by atoms with Crippen LogP contribution in [-0.2, 0) is 24.2 Å². The van der Waals surface area contributed by atoms with E-state index in [9.17, 15) is 4.79 Å². The van der Waals surface area contributed by atoms with Crippen molar-refractivity contribution in [3.05, 3.63) is 41.5 Å². The van der Waals surface area contributed by atoms with Crippen molar-refractivity contribution in [1.29, 1.82) is 0 Å². The Morgan fingerprint density at radius 3 is 3.05 bits per heavy atom. The number of hydrogen-bond acceptors (Lipinski definition) is 4. The average molecular weight is 299 g/mol. The van der Waals surface area contributed by atoms with Gasteiger partial charge < -0.3 is 9.88 Å². The molecule has 6 nitrogen and oxygen atoms in total. The zero-order chi connectivity index (χ0) is 15.5. The van der Waals surface area contributed by atoms with Crippen LogP contribution in [0.2, 0.25) is 0 Å². The Morgan fingerprint density at radius 1 is 1.41 bits per heavy atom. The number of nitrogens with zero attached hydrogens (tertiary/aromatic N) is 4. The Bertz CT molecular complexity index is 679. The number of imidazole rings is 1. The summed E-state index contributed by atoms with van der Waals surface area (Å²) >= 11 is 0. The molecule has 1 aliphatic carbocycles. The van der Waals surface area contributed by atoms with E-state index in [1.165, 1.54) is 5.56 Å². The van der Waals surface area contributed by atoms with Crippen LogP contribution in [0.3, 0.4) is 0 Å². The number of amides is 1. The number of nitrogens with one attached hydrogen (secondary N) is 1. The fraction of sp³-hybridized carbons (Fsp3) is 0.500. The van der Waals surface area contributed by atoms with Crippen molar-refractivity contribution < 1.29 is 4.79 Å². The van der Waals surface area contributed by atoms with Crippen LogP contribution in [0.25, 0.3) is 0 Å². The molecule has 2 aromatic rings. The van der Waals surface area contributed by atoms with Crippen LogP contribution in [-0.4, -0.2) is 25.4 Å². The summed E-state index contributed by atoms with van der Waals surface area (Å²) < 4.78 is 2.01. The molecule has 116 valence electrons. The van der Waals surface area contributed by atoms with Gasteiger partial charge in [0.05, 0.1) is 6.54 Å². The monoisotopic (exact) mass is 299 g/mol. The van der Waals surface area contributed by atoms with E-state index in [0.717, 1.165) is 30.8 Å². The first-order valence-corrected chi connectivity index (χ1v) is 7.73. The van der Waals surface area contributed by atoms with Crippen LogP contribution in [0.1, 0.15) is 48.7 Å². The molecule has 1 aliphatic rings. The number of rotatable bonds is 5. The second-order valence-corrected chi connectivity index (χ2v) is 5.82. The molecular formula is C16H21N5O. The Hall–Kier alpha value is -2.24. The summed E-state index contributed by atoms with van der Waals surface area (Å²) in [6.07, 6.45) is 9.22. The van der Waals surface area contributed by atoms with Gasteiger partial charge >= 0.3 is 0 Å². The molecule has 0 spiro atoms. The molecule has 3 rings (SSSR count). The van der Waals surface area contributed by atoms with Gasteiger partial charge in [0.25, 0.3) is 0 Å². The third-order valence-corrected chi connectivity index (χ3v) is 4.13. The highest BCUT2D eigenvalue weighted by molar-refractivity contribution is 5.76. The molecule has 0 saturated carbocycles. The first kappa shape index (κ1) is 14.7. The summed E-state index contributed by atoms with van der Waals surface area (Å²) in [6, 6.07) is 0.0865. The van der Waals surface area contributed by atoms with Gasteiger partial charge in [-0.25, -0.2) is 15.0 Å². The van der Waals surface area contributed by atoms with Gasteiger partial charge in [-0.15, -0.1) is 0 Å². The molecule has 0 unspecified atom stereocenters. The van der Waals surface area contributed by atoms with Gasteiger partial charge in [0.1, 0.15) is 11.6 Å². The molecule has 1 atom stereocenters. The van der Waals surface area contributed by atoms with Crippen molar-refractivity contribution in [2.45, 2.75) is 52.1 Å². The minimum absolute atomic E-state index is 0.00435. The molecule has 0 radical (unpaired) electrons. The van der Waals surface area contributed by atoms with E-state index < -0.39 is 0 Å². The summed E-state index contributed by atoms with van der Waals surface area (Å²) in [5.74, 6) is 1.62. The first-order chi connectivity index (χ1) is 10.6. The first-order valence-electron chi connectivity index (χ1n) is 7.73. The highest BCUT2D eigenvalue weighted by Crippen LogP contribution is 2.18. The van der Waals surface area contributed by atoms with E-state index in [0.29, 0.717) is 18.8 Å². The summed E-state index contributed by atoms with van der Waals surface area (Å²) in [5.41, 5.74) is 2.39. The van der Waals surface area contributed by atoms with Gasteiger partial charge in [-0.3, -0.25) is 4.79 Å². The normalized spacial score (nSPS) is 14.6. The molecule has 0 aromatic carbocycles. The van der Waals surface area contributed by atoms with E-state index in [1.807, 2.05) is 30.8 Å². The maximum absolute atomic E-state index is 12.1. The topological polar surface area (TPSA) is 72.7 Å². The van der Waals surface area contributed by atoms with Crippen molar-refractivity contribution in [3.63, 3.8) is 0 Å². The van der Waals surface area contributed by atoms with Crippen molar-refractivity contribution in [2.24, 2.45) is 0 Å². The summed E-state index contributed by atoms with van der Waals surface area (Å²) in [5, 5.41) is 2.90. The van der Waals surface area contributed by atoms with E-state index in [4.69, 9.17) is 0 Å². The number of aromatic nitrogens is 4. The third kappa shape index (κ3) is 3.16. The van der Waals surface area contributed by atoms with Crippen LogP contribution in [0, 0.1) is 6.92 Å². The Morgan fingerprint density at radius 2 is 2.27 bits per heavy atom. The van der Waals surface area contributed by atoms with E-state index in [-0.39, 0.29) is 11.9 Å². The van der Waals surface area contributed by atoms with Crippen molar-refractivity contribution in [3.8, 4) is 0 Å². The lowest BCUT2D eigenvalue weighted by molar-refractivity contribution is -0.121. The number of carbonyl (C=O) groups excluding carboxylic acids is 1. The molecule has 6 heteroatoms. The molecule has 1 N–H and O–H groups in total. The number of fused-ring (bicyclic) bond motifs is 1. The van der Waals surface area contributed by atoms with Crippen LogP contribution in [0.4, 0.5) is 0 Å². The van der Waals surface area contributed by atoms with E-state index in [1.54, 1.807) is 6.20 Å². The fourth-order valence-corrected chi connectivity index (χ4v) is 2.91. The van der Waals surface area contributed by atoms with Gasteiger partial charge in [0.15, 0.2) is 0 Å². The smallest absolute Gasteiger partial charge is 0.222 e. The van der Waals surface area contributed by atoms with Gasteiger partial charge in [-0.05, 0) is 38.7 Å². The quantitative estimate of drug-likeness (QED) is 0.912. The highest BCUT2D eigenvalue weighted by Gasteiger charge is 2.15. The molecule has 0 fully saturated rings. The van der Waals surface area contributed by atoms with Crippen molar-refractivity contribution in [2.75, 3.05) is 0 Å². The highest BCUT2D eigenvalue weighted by atomic mass is 16.1. The molecular weight excluding hydrogens is 278 g/mol. The lowest BCUT2D eigenvalue weighted by atomic mass is 10.2. The maximum Gasteiger partial charge on any atom is 0.222 e. The van der Waals surface area contributed by atoms with Crippen LogP contribution < -0.4 is 5.32 Å². The van der Waals surface area contributed by atoms with Gasteiger partial charge in [0, 0.05) is 36.7 Å². The molecule has 2 heterocycles. The molecule has 0 saturated heterocycles. The van der Waals surface area contributed by atoms with E-state index >= 15 is 0 Å². The number of hydrogen-bond donors (Lipinski definition) is 1. The number of carbonyl (C=O) groups is 1. The Labute approximate surface area is 130 Å². The zero-order valence-corrected chi connectivity index (χ0v) is 13.0. The van der Waals surface area contributed by atoms with Crippen LogP contribution in [0.5, 0.6) is 0 Å². The third-order valence-electron chi connectivity index (χ3n) is 4.13. The maximum atomic E-state index is 12.1. The lowest BCUT2D eigenvalue weighted by Gasteiger charge is -2.14. The Balaban J connectivity index is 1.53. The molecule has 0 bridgehead atoms. The second kappa shape index (κ2) is 6.25. The SMILES string of the molecule is Cc1nccn1[C@@H](C)CC(=O)NCc1ncc2c(n1)CCC2. The standard InChI is InChI=1S/C16H21N5O/c1-11(21-7-6-17-12(21)2)8-16(22)19-10-15-18-9-13-4-3-5-14(13)20-15/h6-7,9,11H,3-5,8,10H2,1-2H3,(H,19,22)/t11-/m0/s1. The summed E-state index contributed by atoms with van der Waals surface area (Å²) in [7, 11) is 0. The van der Waals surface area contributed by atoms with Crippen LogP contribution >= 0.6 is 0 Å². The summed E-state index contributed by atoms with van der Waals surface area (Å²) in [6.45, 7) is 4.34. The second-order valence-electron chi connectivity index (χ2n) is 5.82. The van der Waals surface area contributed by atoms with Gasteiger partial charge in [-0.1, -0.05) is 0 Å². The van der Waals surface area contributed by atoms with Crippen molar-refractivity contribution in [1.82, 2.24) is 24.8 Å². The largest absolute Gasteiger partial charge is 0.349 e. The predicted octanol–water partition coefficient (Wildman–Crippen LogP) is 1.74. The molecule has 22 heavy (non-hydrogen) atoms. The van der Waals surface area contributed by atoms with Gasteiger partial charge in [-0.2, -0.15) is 0 Å². The van der Waals surface area contributed by atoms with Crippen molar-refractivity contribution >= 4 is 5.91 Å². The molecule has 1 amide bonds. The fourth-order valence-electron chi connectivity index (χ4n) is 2.91. The lowest BCUT2D eigenvalue weighted by Crippen LogP contribution is -2.26. The van der Waals surface area contributed by atoms with Crippen LogP contribution in [0.15, 0.2) is 18.6 Å².